The Morgan fingerprint density at radius 1 is 1.64 bits per heavy atom. The molecule has 1 aliphatic heterocycles. The van der Waals surface area contributed by atoms with Gasteiger partial charge >= 0.3 is 0 Å². The van der Waals surface area contributed by atoms with Gasteiger partial charge in [0.2, 0.25) is 0 Å². The fourth-order valence-corrected chi connectivity index (χ4v) is 0.858. The van der Waals surface area contributed by atoms with Crippen LogP contribution >= 0.6 is 0 Å². The molecule has 11 heavy (non-hydrogen) atoms. The van der Waals surface area contributed by atoms with E-state index in [2.05, 4.69) is 23.3 Å². The third kappa shape index (κ3) is 3.03. The van der Waals surface area contributed by atoms with Crippen molar-refractivity contribution in [3.63, 3.8) is 0 Å². The summed E-state index contributed by atoms with van der Waals surface area (Å²) in [6.07, 6.45) is 9.15. The van der Waals surface area contributed by atoms with Gasteiger partial charge in [-0.25, -0.2) is 0 Å². The predicted octanol–water partition coefficient (Wildman–Crippen LogP) is 1.86. The molecule has 1 unspecified atom stereocenters. The second-order valence-corrected chi connectivity index (χ2v) is 2.76. The summed E-state index contributed by atoms with van der Waals surface area (Å²) in [5.74, 6) is 0. The summed E-state index contributed by atoms with van der Waals surface area (Å²) < 4.78 is 0. The van der Waals surface area contributed by atoms with Crippen molar-refractivity contribution >= 4 is 6.21 Å². The summed E-state index contributed by atoms with van der Waals surface area (Å²) in [6, 6.07) is 0. The highest BCUT2D eigenvalue weighted by Gasteiger charge is 1.93. The lowest BCUT2D eigenvalue weighted by atomic mass is 10.2. The van der Waals surface area contributed by atoms with Crippen LogP contribution in [0.15, 0.2) is 28.9 Å². The molecule has 60 valence electrons. The summed E-state index contributed by atoms with van der Waals surface area (Å²) in [5.41, 5.74) is 1.33. The van der Waals surface area contributed by atoms with Crippen LogP contribution in [0.25, 0.3) is 0 Å². The molecule has 0 amide bonds. The fraction of sp³-hybridized carbons (Fsp3) is 0.444. The maximum absolute atomic E-state index is 4.21. The van der Waals surface area contributed by atoms with E-state index in [1.807, 2.05) is 25.4 Å². The van der Waals surface area contributed by atoms with Gasteiger partial charge < -0.3 is 5.32 Å². The molecule has 0 fully saturated rings. The normalized spacial score (nSPS) is 35.1. The lowest BCUT2D eigenvalue weighted by Crippen LogP contribution is -2.17. The van der Waals surface area contributed by atoms with Gasteiger partial charge in [0.1, 0.15) is 6.17 Å². The fourth-order valence-electron chi connectivity index (χ4n) is 0.858. The molecule has 0 spiro atoms. The number of nitrogens with one attached hydrogen (secondary N) is 1. The largest absolute Gasteiger partial charge is 0.370 e. The highest BCUT2D eigenvalue weighted by molar-refractivity contribution is 5.71. The van der Waals surface area contributed by atoms with Crippen molar-refractivity contribution < 1.29 is 0 Å². The summed E-state index contributed by atoms with van der Waals surface area (Å²) >= 11 is 0. The third-order valence-corrected chi connectivity index (χ3v) is 1.54. The second kappa shape index (κ2) is 3.96. The van der Waals surface area contributed by atoms with E-state index in [-0.39, 0.29) is 6.17 Å². The summed E-state index contributed by atoms with van der Waals surface area (Å²) in [5, 5.41) is 3.17. The first-order valence-corrected chi connectivity index (χ1v) is 3.89. The average Bonchev–Trinajstić information content (AvgIpc) is 2.06. The summed E-state index contributed by atoms with van der Waals surface area (Å²) in [6.45, 7) is 4.13. The van der Waals surface area contributed by atoms with Crippen molar-refractivity contribution in [2.75, 3.05) is 0 Å². The zero-order valence-electron chi connectivity index (χ0n) is 7.04. The molecule has 0 aromatic rings. The van der Waals surface area contributed by atoms with E-state index < -0.39 is 0 Å². The second-order valence-electron chi connectivity index (χ2n) is 2.76. The number of allylic oxidation sites excluding steroid dienone is 3. The summed E-state index contributed by atoms with van der Waals surface area (Å²) in [4.78, 5) is 4.21. The van der Waals surface area contributed by atoms with Crippen molar-refractivity contribution in [2.24, 2.45) is 4.99 Å². The Bertz CT molecular complexity index is 202. The quantitative estimate of drug-likeness (QED) is 0.560. The van der Waals surface area contributed by atoms with Crippen LogP contribution in [0.3, 0.4) is 0 Å². The van der Waals surface area contributed by atoms with Gasteiger partial charge in [0, 0.05) is 6.21 Å². The van der Waals surface area contributed by atoms with Crippen molar-refractivity contribution in [3.8, 4) is 0 Å². The van der Waals surface area contributed by atoms with E-state index in [1.54, 1.807) is 0 Å². The van der Waals surface area contributed by atoms with Crippen molar-refractivity contribution in [1.82, 2.24) is 5.32 Å². The molecule has 0 saturated heterocycles. The molecule has 0 radical (unpaired) electrons. The molecule has 0 aromatic heterocycles. The molecule has 1 heterocycles. The van der Waals surface area contributed by atoms with Crippen LogP contribution < -0.4 is 5.32 Å². The van der Waals surface area contributed by atoms with Gasteiger partial charge in [0.25, 0.3) is 0 Å². The highest BCUT2D eigenvalue weighted by Crippen LogP contribution is 2.00. The maximum Gasteiger partial charge on any atom is 0.115 e. The van der Waals surface area contributed by atoms with Gasteiger partial charge in [-0.15, -0.1) is 0 Å². The maximum atomic E-state index is 4.21. The standard InChI is InChI=1S/C9H14N2/c1-8-5-3-4-6-10-9(2)11-7-8/h3-4,6-7,9,11H,5H2,1-2H3/b4-3-,8-7-,10-6-. The number of rotatable bonds is 0. The highest BCUT2D eigenvalue weighted by atomic mass is 15.0. The molecule has 0 aliphatic carbocycles. The third-order valence-electron chi connectivity index (χ3n) is 1.54. The van der Waals surface area contributed by atoms with Crippen LogP contribution in [0.4, 0.5) is 0 Å². The van der Waals surface area contributed by atoms with Gasteiger partial charge in [0.15, 0.2) is 0 Å². The van der Waals surface area contributed by atoms with E-state index in [1.165, 1.54) is 5.57 Å². The molecule has 1 N–H and O–H groups in total. The Hall–Kier alpha value is -1.05. The van der Waals surface area contributed by atoms with Crippen molar-refractivity contribution in [2.45, 2.75) is 26.4 Å². The minimum Gasteiger partial charge on any atom is -0.370 e. The van der Waals surface area contributed by atoms with E-state index >= 15 is 0 Å². The number of aliphatic imine (C=N–C) groups is 1. The molecule has 1 rings (SSSR count). The lowest BCUT2D eigenvalue weighted by Gasteiger charge is -2.05. The van der Waals surface area contributed by atoms with Crippen LogP contribution in [-0.2, 0) is 0 Å². The van der Waals surface area contributed by atoms with Crippen LogP contribution in [0.2, 0.25) is 0 Å². The monoisotopic (exact) mass is 150 g/mol. The Kier molecular flexibility index (Phi) is 2.90. The zero-order chi connectivity index (χ0) is 8.10. The number of nitrogens with zero attached hydrogens (tertiary/aromatic N) is 1. The molecule has 0 aromatic carbocycles. The van der Waals surface area contributed by atoms with Gasteiger partial charge in [-0.05, 0) is 32.5 Å². The Balaban J connectivity index is 2.64. The molecular formula is C9H14N2. The van der Waals surface area contributed by atoms with E-state index in [4.69, 9.17) is 0 Å². The van der Waals surface area contributed by atoms with Gasteiger partial charge in [-0.3, -0.25) is 4.99 Å². The molecule has 1 aliphatic rings. The topological polar surface area (TPSA) is 24.4 Å². The van der Waals surface area contributed by atoms with Gasteiger partial charge in [-0.1, -0.05) is 11.6 Å². The SMILES string of the molecule is C/C1=C/NC(C)/N=C\C=C/C1. The average molecular weight is 150 g/mol. The van der Waals surface area contributed by atoms with Crippen LogP contribution in [0.1, 0.15) is 20.3 Å². The molecule has 1 atom stereocenters. The smallest absolute Gasteiger partial charge is 0.115 e. The van der Waals surface area contributed by atoms with E-state index in [0.717, 1.165) is 6.42 Å². The summed E-state index contributed by atoms with van der Waals surface area (Å²) in [7, 11) is 0. The van der Waals surface area contributed by atoms with Gasteiger partial charge in [-0.2, -0.15) is 0 Å². The molecule has 2 nitrogen and oxygen atoms in total. The zero-order valence-corrected chi connectivity index (χ0v) is 7.04. The predicted molar refractivity (Wildman–Crippen MR) is 48.6 cm³/mol. The van der Waals surface area contributed by atoms with Crippen LogP contribution in [-0.4, -0.2) is 12.4 Å². The first kappa shape index (κ1) is 8.05. The first-order valence-electron chi connectivity index (χ1n) is 3.89. The Labute approximate surface area is 67.7 Å². The van der Waals surface area contributed by atoms with Crippen LogP contribution in [0, 0.1) is 0 Å². The lowest BCUT2D eigenvalue weighted by molar-refractivity contribution is 0.672. The Morgan fingerprint density at radius 3 is 3.27 bits per heavy atom. The van der Waals surface area contributed by atoms with Gasteiger partial charge in [0.05, 0.1) is 0 Å². The Morgan fingerprint density at radius 2 is 2.45 bits per heavy atom. The van der Waals surface area contributed by atoms with E-state index in [9.17, 15) is 0 Å². The van der Waals surface area contributed by atoms with E-state index in [0.29, 0.717) is 0 Å². The van der Waals surface area contributed by atoms with Crippen molar-refractivity contribution in [3.05, 3.63) is 23.9 Å². The minimum absolute atomic E-state index is 0.188. The van der Waals surface area contributed by atoms with Crippen molar-refractivity contribution in [1.29, 1.82) is 0 Å². The number of hydrogen-bond donors (Lipinski definition) is 1. The molecule has 0 saturated carbocycles. The molecule has 0 bridgehead atoms. The number of hydrogen-bond acceptors (Lipinski definition) is 2. The molecule has 2 heteroatoms. The first-order chi connectivity index (χ1) is 5.29. The minimum atomic E-state index is 0.188. The van der Waals surface area contributed by atoms with Crippen LogP contribution in [0.5, 0.6) is 0 Å². The molecular weight excluding hydrogens is 136 g/mol.